The van der Waals surface area contributed by atoms with Crippen molar-refractivity contribution >= 4 is 34.9 Å². The number of halogens is 1. The molecule has 0 amide bonds. The van der Waals surface area contributed by atoms with Crippen LogP contribution >= 0.6 is 11.6 Å². The lowest BCUT2D eigenvalue weighted by Crippen LogP contribution is -2.01. The van der Waals surface area contributed by atoms with Crippen LogP contribution in [0.5, 0.6) is 5.75 Å². The Kier molecular flexibility index (Phi) is 4.60. The minimum Gasteiger partial charge on any atom is -0.495 e. The second-order valence-corrected chi connectivity index (χ2v) is 4.86. The molecule has 1 N–H and O–H groups in total. The highest BCUT2D eigenvalue weighted by atomic mass is 35.5. The van der Waals surface area contributed by atoms with Crippen molar-refractivity contribution in [2.45, 2.75) is 6.92 Å². The first-order valence-corrected chi connectivity index (χ1v) is 6.69. The maximum absolute atomic E-state index is 6.00. The van der Waals surface area contributed by atoms with Gasteiger partial charge in [-0.05, 0) is 24.6 Å². The van der Waals surface area contributed by atoms with Crippen molar-refractivity contribution in [3.05, 3.63) is 53.8 Å². The van der Waals surface area contributed by atoms with Crippen molar-refractivity contribution in [3.63, 3.8) is 0 Å². The van der Waals surface area contributed by atoms with Gasteiger partial charge in [-0.25, -0.2) is 9.97 Å². The number of allylic oxidation sites excluding steroid dienone is 1. The second-order valence-electron chi connectivity index (χ2n) is 4.46. The van der Waals surface area contributed by atoms with Crippen molar-refractivity contribution in [3.8, 4) is 5.75 Å². The molecule has 1 heterocycles. The van der Waals surface area contributed by atoms with E-state index in [0.29, 0.717) is 16.7 Å². The molecule has 1 aromatic heterocycles. The summed E-state index contributed by atoms with van der Waals surface area (Å²) in [6.45, 7) is 9.56. The van der Waals surface area contributed by atoms with Crippen molar-refractivity contribution in [2.75, 3.05) is 12.4 Å². The van der Waals surface area contributed by atoms with Crippen LogP contribution in [-0.4, -0.2) is 17.1 Å². The van der Waals surface area contributed by atoms with E-state index >= 15 is 0 Å². The zero-order valence-electron chi connectivity index (χ0n) is 12.0. The van der Waals surface area contributed by atoms with Gasteiger partial charge in [-0.1, -0.05) is 30.8 Å². The molecule has 1 aromatic carbocycles. The lowest BCUT2D eigenvalue weighted by Gasteiger charge is -2.10. The zero-order valence-corrected chi connectivity index (χ0v) is 12.7. The van der Waals surface area contributed by atoms with Gasteiger partial charge in [0.1, 0.15) is 5.75 Å². The van der Waals surface area contributed by atoms with Crippen molar-refractivity contribution in [1.82, 2.24) is 9.97 Å². The van der Waals surface area contributed by atoms with Crippen LogP contribution in [0.3, 0.4) is 0 Å². The Morgan fingerprint density at radius 2 is 2.19 bits per heavy atom. The molecule has 5 heteroatoms. The standard InChI is InChI=1S/C16H16ClN3O/c1-5-11-9-18-16(20-15(11)10(2)3)19-12-6-7-13(17)14(8-12)21-4/h5-9H,1-2H2,3-4H3,(H,18,19,20). The van der Waals surface area contributed by atoms with Gasteiger partial charge in [-0.3, -0.25) is 0 Å². The topological polar surface area (TPSA) is 47.0 Å². The molecule has 0 unspecified atom stereocenters. The summed E-state index contributed by atoms with van der Waals surface area (Å²) in [5.41, 5.74) is 3.25. The lowest BCUT2D eigenvalue weighted by molar-refractivity contribution is 0.415. The normalized spacial score (nSPS) is 10.0. The molecule has 0 aliphatic carbocycles. The SMILES string of the molecule is C=Cc1cnc(Nc2ccc(Cl)c(OC)c2)nc1C(=C)C. The fourth-order valence-electron chi connectivity index (χ4n) is 1.81. The van der Waals surface area contributed by atoms with E-state index in [1.54, 1.807) is 31.5 Å². The highest BCUT2D eigenvalue weighted by Crippen LogP contribution is 2.28. The molecule has 21 heavy (non-hydrogen) atoms. The van der Waals surface area contributed by atoms with E-state index in [0.717, 1.165) is 22.5 Å². The van der Waals surface area contributed by atoms with E-state index in [1.807, 2.05) is 13.0 Å². The number of rotatable bonds is 5. The summed E-state index contributed by atoms with van der Waals surface area (Å²) in [4.78, 5) is 8.71. The molecular formula is C16H16ClN3O. The number of nitrogens with one attached hydrogen (secondary N) is 1. The number of anilines is 2. The molecule has 0 saturated carbocycles. The third-order valence-electron chi connectivity index (χ3n) is 2.85. The van der Waals surface area contributed by atoms with Gasteiger partial charge in [-0.2, -0.15) is 0 Å². The van der Waals surface area contributed by atoms with Gasteiger partial charge in [0, 0.05) is 23.5 Å². The van der Waals surface area contributed by atoms with Crippen LogP contribution in [-0.2, 0) is 0 Å². The van der Waals surface area contributed by atoms with Crippen LogP contribution in [0.2, 0.25) is 5.02 Å². The van der Waals surface area contributed by atoms with Crippen LogP contribution in [0.1, 0.15) is 18.2 Å². The number of ether oxygens (including phenoxy) is 1. The van der Waals surface area contributed by atoms with E-state index in [2.05, 4.69) is 28.4 Å². The fraction of sp³-hybridized carbons (Fsp3) is 0.125. The minimum absolute atomic E-state index is 0.475. The smallest absolute Gasteiger partial charge is 0.227 e. The Bertz CT molecular complexity index is 698. The maximum Gasteiger partial charge on any atom is 0.227 e. The predicted octanol–water partition coefficient (Wildman–Crippen LogP) is 4.56. The average molecular weight is 302 g/mol. The quantitative estimate of drug-likeness (QED) is 0.879. The predicted molar refractivity (Wildman–Crippen MR) is 88.1 cm³/mol. The summed E-state index contributed by atoms with van der Waals surface area (Å²) in [5, 5.41) is 3.67. The first kappa shape index (κ1) is 15.1. The molecule has 108 valence electrons. The number of hydrogen-bond acceptors (Lipinski definition) is 4. The van der Waals surface area contributed by atoms with Crippen molar-refractivity contribution < 1.29 is 4.74 Å². The highest BCUT2D eigenvalue weighted by Gasteiger charge is 2.07. The molecule has 4 nitrogen and oxygen atoms in total. The number of hydrogen-bond donors (Lipinski definition) is 1. The summed E-state index contributed by atoms with van der Waals surface area (Å²) in [6.07, 6.45) is 3.42. The van der Waals surface area contributed by atoms with Crippen LogP contribution in [0.4, 0.5) is 11.6 Å². The Balaban J connectivity index is 2.33. The number of nitrogens with zero attached hydrogens (tertiary/aromatic N) is 2. The van der Waals surface area contributed by atoms with E-state index in [9.17, 15) is 0 Å². The van der Waals surface area contributed by atoms with E-state index in [-0.39, 0.29) is 0 Å². The first-order chi connectivity index (χ1) is 10.0. The summed E-state index contributed by atoms with van der Waals surface area (Å²) in [7, 11) is 1.57. The molecule has 0 aliphatic heterocycles. The van der Waals surface area contributed by atoms with Crippen LogP contribution < -0.4 is 10.1 Å². The highest BCUT2D eigenvalue weighted by molar-refractivity contribution is 6.32. The van der Waals surface area contributed by atoms with E-state index < -0.39 is 0 Å². The van der Waals surface area contributed by atoms with Gasteiger partial charge in [-0.15, -0.1) is 0 Å². The molecular weight excluding hydrogens is 286 g/mol. The van der Waals surface area contributed by atoms with Gasteiger partial charge in [0.25, 0.3) is 0 Å². The minimum atomic E-state index is 0.475. The zero-order chi connectivity index (χ0) is 15.4. The largest absolute Gasteiger partial charge is 0.495 e. The number of aromatic nitrogens is 2. The lowest BCUT2D eigenvalue weighted by atomic mass is 10.1. The Morgan fingerprint density at radius 3 is 2.81 bits per heavy atom. The fourth-order valence-corrected chi connectivity index (χ4v) is 2.00. The van der Waals surface area contributed by atoms with Crippen molar-refractivity contribution in [2.24, 2.45) is 0 Å². The monoisotopic (exact) mass is 301 g/mol. The molecule has 2 aromatic rings. The van der Waals surface area contributed by atoms with Crippen LogP contribution in [0.15, 0.2) is 37.6 Å². The Hall–Kier alpha value is -2.33. The first-order valence-electron chi connectivity index (χ1n) is 6.31. The van der Waals surface area contributed by atoms with Gasteiger partial charge in [0.05, 0.1) is 17.8 Å². The average Bonchev–Trinajstić information content (AvgIpc) is 2.49. The van der Waals surface area contributed by atoms with Crippen LogP contribution in [0.25, 0.3) is 11.6 Å². The van der Waals surface area contributed by atoms with E-state index in [4.69, 9.17) is 16.3 Å². The summed E-state index contributed by atoms with van der Waals surface area (Å²) in [5.74, 6) is 1.06. The van der Waals surface area contributed by atoms with Crippen LogP contribution in [0, 0.1) is 0 Å². The van der Waals surface area contributed by atoms with Gasteiger partial charge >= 0.3 is 0 Å². The molecule has 0 bridgehead atoms. The Labute approximate surface area is 129 Å². The molecule has 0 radical (unpaired) electrons. The second kappa shape index (κ2) is 6.41. The third kappa shape index (κ3) is 3.41. The summed E-state index contributed by atoms with van der Waals surface area (Å²) >= 11 is 6.00. The van der Waals surface area contributed by atoms with Gasteiger partial charge in [0.15, 0.2) is 0 Å². The van der Waals surface area contributed by atoms with Gasteiger partial charge < -0.3 is 10.1 Å². The third-order valence-corrected chi connectivity index (χ3v) is 3.16. The molecule has 0 spiro atoms. The van der Waals surface area contributed by atoms with E-state index in [1.165, 1.54) is 0 Å². The van der Waals surface area contributed by atoms with Crippen molar-refractivity contribution in [1.29, 1.82) is 0 Å². The maximum atomic E-state index is 6.00. The Morgan fingerprint density at radius 1 is 1.43 bits per heavy atom. The summed E-state index contributed by atoms with van der Waals surface area (Å²) in [6, 6.07) is 5.37. The molecule has 2 rings (SSSR count). The van der Waals surface area contributed by atoms with Gasteiger partial charge in [0.2, 0.25) is 5.95 Å². The molecule has 0 atom stereocenters. The summed E-state index contributed by atoms with van der Waals surface area (Å²) < 4.78 is 5.18. The molecule has 0 fully saturated rings. The molecule has 0 saturated heterocycles. The molecule has 0 aliphatic rings. The number of methoxy groups -OCH3 is 1. The number of benzene rings is 1.